The van der Waals surface area contributed by atoms with Crippen LogP contribution in [0.25, 0.3) is 22.5 Å². The SMILES string of the molecule is Cc1cc(OC(F)(F)F)ccc1-c1ccc2oc(=O)n(CC(=O)O)c2n1. The van der Waals surface area contributed by atoms with Crippen LogP contribution in [-0.2, 0) is 11.3 Å². The summed E-state index contributed by atoms with van der Waals surface area (Å²) in [6.07, 6.45) is -4.80. The molecule has 1 aromatic carbocycles. The summed E-state index contributed by atoms with van der Waals surface area (Å²) in [6, 6.07) is 6.69. The van der Waals surface area contributed by atoms with Gasteiger partial charge in [0.2, 0.25) is 0 Å². The molecule has 1 N–H and O–H groups in total. The van der Waals surface area contributed by atoms with Crippen molar-refractivity contribution < 1.29 is 32.2 Å². The number of fused-ring (bicyclic) bond motifs is 1. The normalized spacial score (nSPS) is 11.7. The van der Waals surface area contributed by atoms with E-state index >= 15 is 0 Å². The van der Waals surface area contributed by atoms with Gasteiger partial charge in [-0.25, -0.2) is 14.3 Å². The number of hydrogen-bond acceptors (Lipinski definition) is 5. The van der Waals surface area contributed by atoms with Crippen LogP contribution in [0.3, 0.4) is 0 Å². The standard InChI is InChI=1S/C16H11F3N2O5/c1-8-6-9(26-16(17,18)19)2-3-10(8)11-4-5-12-14(20-11)21(7-13(22)23)15(24)25-12/h2-6H,7H2,1H3,(H,22,23). The van der Waals surface area contributed by atoms with Gasteiger partial charge in [0.05, 0.1) is 5.69 Å². The molecule has 3 rings (SSSR count). The molecular formula is C16H11F3N2O5. The highest BCUT2D eigenvalue weighted by Gasteiger charge is 2.31. The van der Waals surface area contributed by atoms with Gasteiger partial charge in [-0.3, -0.25) is 4.79 Å². The molecule has 7 nitrogen and oxygen atoms in total. The molecular weight excluding hydrogens is 357 g/mol. The lowest BCUT2D eigenvalue weighted by Gasteiger charge is -2.11. The Hall–Kier alpha value is -3.30. The lowest BCUT2D eigenvalue weighted by atomic mass is 10.0. The van der Waals surface area contributed by atoms with Crippen molar-refractivity contribution >= 4 is 17.2 Å². The number of carboxylic acids is 1. The summed E-state index contributed by atoms with van der Waals surface area (Å²) >= 11 is 0. The van der Waals surface area contributed by atoms with E-state index in [-0.39, 0.29) is 17.0 Å². The minimum Gasteiger partial charge on any atom is -0.480 e. The van der Waals surface area contributed by atoms with E-state index in [9.17, 15) is 22.8 Å². The Labute approximate surface area is 143 Å². The molecule has 0 aliphatic heterocycles. The minimum atomic E-state index is -4.80. The second-order valence-electron chi connectivity index (χ2n) is 5.39. The molecule has 0 aliphatic carbocycles. The molecule has 0 saturated heterocycles. The second-order valence-corrected chi connectivity index (χ2v) is 5.39. The number of halogens is 3. The molecule has 0 bridgehead atoms. The predicted molar refractivity (Wildman–Crippen MR) is 82.8 cm³/mol. The van der Waals surface area contributed by atoms with Crippen LogP contribution >= 0.6 is 0 Å². The summed E-state index contributed by atoms with van der Waals surface area (Å²) in [5, 5.41) is 8.89. The molecule has 0 fully saturated rings. The number of carboxylic acid groups (broad SMARTS) is 1. The number of nitrogens with zero attached hydrogens (tertiary/aromatic N) is 2. The maximum atomic E-state index is 12.3. The van der Waals surface area contributed by atoms with Gasteiger partial charge < -0.3 is 14.3 Å². The maximum absolute atomic E-state index is 12.3. The number of aliphatic carboxylic acids is 1. The zero-order chi connectivity index (χ0) is 19.1. The Balaban J connectivity index is 2.05. The van der Waals surface area contributed by atoms with E-state index in [1.807, 2.05) is 0 Å². The van der Waals surface area contributed by atoms with Crippen LogP contribution in [-0.4, -0.2) is 27.0 Å². The van der Waals surface area contributed by atoms with Crippen molar-refractivity contribution in [2.75, 3.05) is 0 Å². The smallest absolute Gasteiger partial charge is 0.480 e. The summed E-state index contributed by atoms with van der Waals surface area (Å²) < 4.78 is 46.5. The molecule has 0 spiro atoms. The van der Waals surface area contributed by atoms with E-state index in [0.717, 1.165) is 10.6 Å². The molecule has 2 aromatic heterocycles. The van der Waals surface area contributed by atoms with Crippen molar-refractivity contribution in [3.8, 4) is 17.0 Å². The van der Waals surface area contributed by atoms with Crippen molar-refractivity contribution in [2.45, 2.75) is 19.8 Å². The summed E-state index contributed by atoms with van der Waals surface area (Å²) in [6.45, 7) is 0.948. The third-order valence-corrected chi connectivity index (χ3v) is 3.51. The molecule has 0 radical (unpaired) electrons. The molecule has 0 saturated carbocycles. The van der Waals surface area contributed by atoms with Crippen LogP contribution in [0.4, 0.5) is 13.2 Å². The molecule has 10 heteroatoms. The zero-order valence-electron chi connectivity index (χ0n) is 13.2. The second kappa shape index (κ2) is 6.21. The molecule has 136 valence electrons. The highest BCUT2D eigenvalue weighted by molar-refractivity contribution is 5.76. The Morgan fingerprint density at radius 2 is 2.04 bits per heavy atom. The van der Waals surface area contributed by atoms with Gasteiger partial charge in [-0.15, -0.1) is 13.2 Å². The molecule has 0 atom stereocenters. The third-order valence-electron chi connectivity index (χ3n) is 3.51. The summed E-state index contributed by atoms with van der Waals surface area (Å²) in [4.78, 5) is 26.9. The fourth-order valence-electron chi connectivity index (χ4n) is 2.49. The molecule has 3 aromatic rings. The van der Waals surface area contributed by atoms with E-state index in [2.05, 4.69) is 9.72 Å². The fourth-order valence-corrected chi connectivity index (χ4v) is 2.49. The van der Waals surface area contributed by atoms with Gasteiger partial charge in [0.25, 0.3) is 0 Å². The van der Waals surface area contributed by atoms with Crippen LogP contribution < -0.4 is 10.5 Å². The van der Waals surface area contributed by atoms with Crippen molar-refractivity contribution in [2.24, 2.45) is 0 Å². The number of hydrogen-bond donors (Lipinski definition) is 1. The van der Waals surface area contributed by atoms with E-state index in [0.29, 0.717) is 16.8 Å². The number of ether oxygens (including phenoxy) is 1. The maximum Gasteiger partial charge on any atom is 0.573 e. The van der Waals surface area contributed by atoms with E-state index in [4.69, 9.17) is 9.52 Å². The van der Waals surface area contributed by atoms with Crippen LogP contribution in [0.5, 0.6) is 5.75 Å². The molecule has 0 aliphatic rings. The highest BCUT2D eigenvalue weighted by Crippen LogP contribution is 2.29. The molecule has 0 amide bonds. The van der Waals surface area contributed by atoms with Crippen molar-refractivity contribution in [3.05, 3.63) is 46.4 Å². The van der Waals surface area contributed by atoms with Crippen LogP contribution in [0.2, 0.25) is 0 Å². The van der Waals surface area contributed by atoms with Gasteiger partial charge in [-0.05, 0) is 42.8 Å². The van der Waals surface area contributed by atoms with Crippen LogP contribution in [0.1, 0.15) is 5.56 Å². The number of pyridine rings is 1. The Morgan fingerprint density at radius 3 is 2.65 bits per heavy atom. The summed E-state index contributed by atoms with van der Waals surface area (Å²) in [7, 11) is 0. The van der Waals surface area contributed by atoms with E-state index < -0.39 is 24.6 Å². The number of aryl methyl sites for hydroxylation is 1. The number of benzene rings is 1. The largest absolute Gasteiger partial charge is 0.573 e. The number of rotatable bonds is 4. The number of oxazole rings is 1. The third kappa shape index (κ3) is 3.53. The van der Waals surface area contributed by atoms with Gasteiger partial charge in [0, 0.05) is 5.56 Å². The molecule has 0 unspecified atom stereocenters. The van der Waals surface area contributed by atoms with Crippen molar-refractivity contribution in [1.82, 2.24) is 9.55 Å². The molecule has 2 heterocycles. The number of alkyl halides is 3. The minimum absolute atomic E-state index is 0.0323. The number of carbonyl (C=O) groups is 1. The van der Waals surface area contributed by atoms with Crippen LogP contribution in [0, 0.1) is 6.92 Å². The lowest BCUT2D eigenvalue weighted by Crippen LogP contribution is -2.20. The van der Waals surface area contributed by atoms with Gasteiger partial charge in [-0.1, -0.05) is 0 Å². The Kier molecular flexibility index (Phi) is 4.18. The van der Waals surface area contributed by atoms with Gasteiger partial charge in [0.1, 0.15) is 12.3 Å². The fraction of sp³-hybridized carbons (Fsp3) is 0.188. The van der Waals surface area contributed by atoms with Crippen molar-refractivity contribution in [3.63, 3.8) is 0 Å². The van der Waals surface area contributed by atoms with Crippen molar-refractivity contribution in [1.29, 1.82) is 0 Å². The Bertz CT molecular complexity index is 1050. The topological polar surface area (TPSA) is 94.6 Å². The lowest BCUT2D eigenvalue weighted by molar-refractivity contribution is -0.274. The summed E-state index contributed by atoms with van der Waals surface area (Å²) in [5.74, 6) is -2.48. The van der Waals surface area contributed by atoms with Crippen LogP contribution in [0.15, 0.2) is 39.5 Å². The monoisotopic (exact) mass is 368 g/mol. The first-order valence-electron chi connectivity index (χ1n) is 7.23. The first-order valence-corrected chi connectivity index (χ1v) is 7.23. The first-order chi connectivity index (χ1) is 12.1. The predicted octanol–water partition coefficient (Wildman–Crippen LogP) is 2.95. The van der Waals surface area contributed by atoms with E-state index in [1.54, 1.807) is 6.92 Å². The zero-order valence-corrected chi connectivity index (χ0v) is 13.2. The quantitative estimate of drug-likeness (QED) is 0.761. The number of aromatic nitrogens is 2. The first kappa shape index (κ1) is 17.5. The van der Waals surface area contributed by atoms with Gasteiger partial charge in [-0.2, -0.15) is 0 Å². The van der Waals surface area contributed by atoms with E-state index in [1.165, 1.54) is 24.3 Å². The molecule has 26 heavy (non-hydrogen) atoms. The van der Waals surface area contributed by atoms with Gasteiger partial charge in [0.15, 0.2) is 11.2 Å². The average Bonchev–Trinajstić information content (AvgIpc) is 2.81. The summed E-state index contributed by atoms with van der Waals surface area (Å²) in [5.41, 5.74) is 1.43. The van der Waals surface area contributed by atoms with Gasteiger partial charge >= 0.3 is 18.1 Å². The average molecular weight is 368 g/mol. The Morgan fingerprint density at radius 1 is 1.31 bits per heavy atom. The highest BCUT2D eigenvalue weighted by atomic mass is 19.4.